The predicted octanol–water partition coefficient (Wildman–Crippen LogP) is 18.0. The van der Waals surface area contributed by atoms with Crippen molar-refractivity contribution in [2.24, 2.45) is 0 Å². The zero-order valence-electron chi connectivity index (χ0n) is 51.5. The lowest BCUT2D eigenvalue weighted by Crippen LogP contribution is -2.64. The lowest BCUT2D eigenvalue weighted by molar-refractivity contribution is 0.469. The van der Waals surface area contributed by atoms with Crippen molar-refractivity contribution in [3.8, 4) is 45.3 Å². The summed E-state index contributed by atoms with van der Waals surface area (Å²) in [6.07, 6.45) is 0. The van der Waals surface area contributed by atoms with Gasteiger partial charge in [-0.25, -0.2) is 0 Å². The van der Waals surface area contributed by atoms with Gasteiger partial charge in [0.2, 0.25) is 0 Å². The number of ether oxygens (including phenoxy) is 2. The van der Waals surface area contributed by atoms with Crippen LogP contribution in [-0.4, -0.2) is 13.4 Å². The molecule has 4 heterocycles. The van der Waals surface area contributed by atoms with Crippen LogP contribution in [0.2, 0.25) is 0 Å². The first-order chi connectivity index (χ1) is 45.2. The summed E-state index contributed by atoms with van der Waals surface area (Å²) in [7, 11) is 0. The van der Waals surface area contributed by atoms with Crippen LogP contribution in [0, 0.1) is 0 Å². The summed E-state index contributed by atoms with van der Waals surface area (Å²) in [5.41, 5.74) is 29.4. The third-order valence-electron chi connectivity index (χ3n) is 20.6. The Kier molecular flexibility index (Phi) is 11.3. The molecular formula is C84H60B2N4O2. The molecule has 0 aromatic heterocycles. The Hall–Kier alpha value is -11.2. The molecule has 2 aliphatic carbocycles. The van der Waals surface area contributed by atoms with Gasteiger partial charge < -0.3 is 29.1 Å². The highest BCUT2D eigenvalue weighted by Crippen LogP contribution is 2.60. The van der Waals surface area contributed by atoms with E-state index < -0.39 is 10.8 Å². The van der Waals surface area contributed by atoms with E-state index in [-0.39, 0.29) is 13.4 Å². The van der Waals surface area contributed by atoms with Gasteiger partial charge in [0.25, 0.3) is 13.4 Å². The molecule has 434 valence electrons. The third kappa shape index (κ3) is 7.46. The number of fused-ring (bicyclic) bond motifs is 16. The van der Waals surface area contributed by atoms with Gasteiger partial charge in [0.15, 0.2) is 0 Å². The second-order valence-electron chi connectivity index (χ2n) is 26.3. The Morgan fingerprint density at radius 1 is 0.293 bits per heavy atom. The molecule has 0 fully saturated rings. The van der Waals surface area contributed by atoms with Crippen molar-refractivity contribution in [3.63, 3.8) is 0 Å². The molecular weight excluding hydrogens is 1120 g/mol. The summed E-state index contributed by atoms with van der Waals surface area (Å²) in [6.45, 7) is 9.25. The van der Waals surface area contributed by atoms with Crippen LogP contribution in [0.15, 0.2) is 291 Å². The number of rotatable bonds is 8. The molecule has 13 aromatic rings. The Labute approximate surface area is 537 Å². The summed E-state index contributed by atoms with van der Waals surface area (Å²) in [4.78, 5) is 9.84. The maximum atomic E-state index is 7.59. The lowest BCUT2D eigenvalue weighted by Gasteiger charge is -2.45. The Morgan fingerprint density at radius 2 is 0.630 bits per heavy atom. The van der Waals surface area contributed by atoms with Gasteiger partial charge in [0.05, 0.1) is 0 Å². The average molecular weight is 1180 g/mol. The van der Waals surface area contributed by atoms with Crippen LogP contribution >= 0.6 is 0 Å². The fourth-order valence-electron chi connectivity index (χ4n) is 16.7. The molecule has 0 spiro atoms. The molecule has 92 heavy (non-hydrogen) atoms. The van der Waals surface area contributed by atoms with Crippen LogP contribution in [0.3, 0.4) is 0 Å². The Morgan fingerprint density at radius 3 is 1.00 bits per heavy atom. The molecule has 0 radical (unpaired) electrons. The van der Waals surface area contributed by atoms with Gasteiger partial charge in [-0.05, 0) is 194 Å². The minimum absolute atomic E-state index is 0.174. The van der Waals surface area contributed by atoms with E-state index >= 15 is 0 Å². The largest absolute Gasteiger partial charge is 0.458 e. The molecule has 6 nitrogen and oxygen atoms in total. The molecule has 0 N–H and O–H groups in total. The molecule has 0 bridgehead atoms. The highest BCUT2D eigenvalue weighted by atomic mass is 16.5. The maximum absolute atomic E-state index is 7.59. The average Bonchev–Trinajstić information content (AvgIpc) is 1.16. The van der Waals surface area contributed by atoms with Crippen molar-refractivity contribution in [1.82, 2.24) is 0 Å². The van der Waals surface area contributed by atoms with Crippen molar-refractivity contribution in [1.29, 1.82) is 0 Å². The lowest BCUT2D eigenvalue weighted by atomic mass is 9.30. The van der Waals surface area contributed by atoms with E-state index in [1.807, 2.05) is 0 Å². The number of para-hydroxylation sites is 8. The van der Waals surface area contributed by atoms with Gasteiger partial charge in [-0.3, -0.25) is 0 Å². The SMILES string of the molecule is CC1(C)c2cc(N(c3ccccc3)c3ccccc3)ccc2-c2cc3c4c(c21)Oc1ccccc1B4c1cc2c(cc1N3c1ccccc1)N(c1ccccc1)c1cc3c(c4c1B2c1ccccc1O4)C(C)(C)c1cc(N(c2ccccc2)c2ccccc2)ccc1-3. The van der Waals surface area contributed by atoms with Crippen LogP contribution in [0.4, 0.5) is 68.2 Å². The van der Waals surface area contributed by atoms with E-state index in [0.717, 1.165) is 102 Å². The summed E-state index contributed by atoms with van der Waals surface area (Å²) in [5.74, 6) is 3.67. The zero-order chi connectivity index (χ0) is 61.1. The quantitative estimate of drug-likeness (QED) is 0.141. The van der Waals surface area contributed by atoms with Crippen molar-refractivity contribution in [3.05, 3.63) is 313 Å². The standard InChI is InChI=1S/C84H60B2N4O2/c1-83(2)65-47-59(87(53-27-11-5-12-28-53)54-29-13-6-14-30-54)43-45-61(65)63-49-73-79-81(77(63)83)91-75-41-25-23-39-67(75)85(79)69-51-70-72(52-71(69)89(73)57-35-19-9-20-36-57)90(58-37-21-10-22-38-58)74-50-64-62-46-44-60(88(55-31-15-7-16-32-55)56-33-17-8-18-34-56)48-66(62)84(3,4)78(64)82-80(74)86(70)68-40-24-26-42-76(68)92-82/h5-52H,1-4H3. The molecule has 0 amide bonds. The molecule has 6 aliphatic rings. The molecule has 4 aliphatic heterocycles. The van der Waals surface area contributed by atoms with Gasteiger partial charge >= 0.3 is 0 Å². The fraction of sp³-hybridized carbons (Fsp3) is 0.0714. The normalized spacial score (nSPS) is 14.6. The number of hydrogen-bond donors (Lipinski definition) is 0. The first kappa shape index (κ1) is 52.7. The van der Waals surface area contributed by atoms with Crippen LogP contribution in [-0.2, 0) is 10.8 Å². The summed E-state index contributed by atoms with van der Waals surface area (Å²) >= 11 is 0. The van der Waals surface area contributed by atoms with E-state index in [2.05, 4.69) is 338 Å². The predicted molar refractivity (Wildman–Crippen MR) is 383 cm³/mol. The monoisotopic (exact) mass is 1180 g/mol. The highest BCUT2D eigenvalue weighted by Gasteiger charge is 2.52. The van der Waals surface area contributed by atoms with Gasteiger partial charge in [-0.2, -0.15) is 0 Å². The second-order valence-corrected chi connectivity index (χ2v) is 26.3. The molecule has 0 unspecified atom stereocenters. The minimum atomic E-state index is -0.449. The Balaban J connectivity index is 0.849. The van der Waals surface area contributed by atoms with E-state index in [0.29, 0.717) is 0 Å². The molecule has 8 heteroatoms. The van der Waals surface area contributed by atoms with Gasteiger partial charge in [-0.1, -0.05) is 191 Å². The fourth-order valence-corrected chi connectivity index (χ4v) is 16.7. The number of benzene rings is 13. The van der Waals surface area contributed by atoms with Crippen LogP contribution in [0.1, 0.15) is 49.9 Å². The van der Waals surface area contributed by atoms with E-state index in [9.17, 15) is 0 Å². The molecule has 0 saturated carbocycles. The van der Waals surface area contributed by atoms with Crippen molar-refractivity contribution in [2.75, 3.05) is 19.6 Å². The van der Waals surface area contributed by atoms with Crippen LogP contribution in [0.25, 0.3) is 22.3 Å². The van der Waals surface area contributed by atoms with E-state index in [1.54, 1.807) is 0 Å². The summed E-state index contributed by atoms with van der Waals surface area (Å²) < 4.78 is 15.2. The smallest absolute Gasteiger partial charge is 0.256 e. The highest BCUT2D eigenvalue weighted by molar-refractivity contribution is 7.02. The molecule has 19 rings (SSSR count). The maximum Gasteiger partial charge on any atom is 0.256 e. The van der Waals surface area contributed by atoms with Crippen LogP contribution < -0.4 is 61.9 Å². The molecule has 0 atom stereocenters. The van der Waals surface area contributed by atoms with E-state index in [4.69, 9.17) is 9.47 Å². The first-order valence-corrected chi connectivity index (χ1v) is 32.1. The minimum Gasteiger partial charge on any atom is -0.458 e. The summed E-state index contributed by atoms with van der Waals surface area (Å²) in [6, 6.07) is 107. The summed E-state index contributed by atoms with van der Waals surface area (Å²) in [5, 5.41) is 0. The number of hydrogen-bond acceptors (Lipinski definition) is 6. The zero-order valence-corrected chi connectivity index (χ0v) is 51.5. The van der Waals surface area contributed by atoms with Gasteiger partial charge in [0, 0.05) is 90.2 Å². The van der Waals surface area contributed by atoms with Crippen molar-refractivity contribution in [2.45, 2.75) is 38.5 Å². The topological polar surface area (TPSA) is 31.4 Å². The second kappa shape index (κ2) is 19.6. The van der Waals surface area contributed by atoms with Gasteiger partial charge in [0.1, 0.15) is 23.0 Å². The van der Waals surface area contributed by atoms with E-state index in [1.165, 1.54) is 66.4 Å². The van der Waals surface area contributed by atoms with Crippen molar-refractivity contribution < 1.29 is 9.47 Å². The third-order valence-corrected chi connectivity index (χ3v) is 20.6. The first-order valence-electron chi connectivity index (χ1n) is 32.1. The van der Waals surface area contributed by atoms with Gasteiger partial charge in [-0.15, -0.1) is 0 Å². The van der Waals surface area contributed by atoms with Crippen LogP contribution in [0.5, 0.6) is 23.0 Å². The molecule has 0 saturated heterocycles. The Bertz CT molecular complexity index is 4800. The molecule has 13 aromatic carbocycles. The number of nitrogens with zero attached hydrogens (tertiary/aromatic N) is 4. The van der Waals surface area contributed by atoms with Crippen molar-refractivity contribution >= 4 is 114 Å². The number of anilines is 12.